The molecule has 0 radical (unpaired) electrons. The fraction of sp³-hybridized carbons (Fsp3) is 0.367. The number of aromatic nitrogens is 5. The topological polar surface area (TPSA) is 105 Å². The van der Waals surface area contributed by atoms with Gasteiger partial charge in [0.25, 0.3) is 0 Å². The number of carboxylic acid groups (broad SMARTS) is 1. The molecule has 38 heavy (non-hydrogen) atoms. The molecule has 0 amide bonds. The Kier molecular flexibility index (Phi) is 9.19. The largest absolute Gasteiger partial charge is 0.481 e. The zero-order valence-corrected chi connectivity index (χ0v) is 22.1. The molecule has 2 aromatic carbocycles. The maximum absolute atomic E-state index is 10.8. The number of aromatic amines is 1. The van der Waals surface area contributed by atoms with Crippen molar-refractivity contribution in [3.8, 4) is 28.3 Å². The summed E-state index contributed by atoms with van der Waals surface area (Å²) in [6.07, 6.45) is 4.34. The predicted octanol–water partition coefficient (Wildman–Crippen LogP) is 5.60. The number of hydrogen-bond acceptors (Lipinski definition) is 5. The van der Waals surface area contributed by atoms with Gasteiger partial charge in [-0.1, -0.05) is 65.9 Å². The molecule has 2 N–H and O–H groups in total. The summed E-state index contributed by atoms with van der Waals surface area (Å²) < 4.78 is 8.08. The third-order valence-electron chi connectivity index (χ3n) is 6.62. The van der Waals surface area contributed by atoms with Crippen LogP contribution in [0.25, 0.3) is 22.4 Å². The average molecular weight is 515 g/mol. The van der Waals surface area contributed by atoms with Crippen LogP contribution >= 0.6 is 0 Å². The lowest BCUT2D eigenvalue weighted by molar-refractivity contribution is -0.764. The third kappa shape index (κ3) is 7.47. The molecule has 2 heterocycles. The van der Waals surface area contributed by atoms with Crippen LogP contribution in [0.4, 0.5) is 0 Å². The number of nitrogens with one attached hydrogen (secondary N) is 1. The summed E-state index contributed by atoms with van der Waals surface area (Å²) in [6, 6.07) is 24.6. The fourth-order valence-electron chi connectivity index (χ4n) is 4.52. The van der Waals surface area contributed by atoms with Crippen molar-refractivity contribution in [2.75, 3.05) is 6.61 Å². The Hall–Kier alpha value is -4.07. The number of rotatable bonds is 14. The molecule has 0 bridgehead atoms. The van der Waals surface area contributed by atoms with Gasteiger partial charge in [0.1, 0.15) is 5.10 Å². The molecule has 0 unspecified atom stereocenters. The molecule has 2 aromatic heterocycles. The zero-order valence-electron chi connectivity index (χ0n) is 22.1. The van der Waals surface area contributed by atoms with Gasteiger partial charge in [-0.05, 0) is 63.1 Å². The lowest BCUT2D eigenvalue weighted by Crippen LogP contribution is -2.45. The van der Waals surface area contributed by atoms with E-state index in [1.54, 1.807) is 0 Å². The molecule has 198 valence electrons. The molecule has 0 aliphatic rings. The third-order valence-corrected chi connectivity index (χ3v) is 6.62. The first-order valence-electron chi connectivity index (χ1n) is 13.2. The van der Waals surface area contributed by atoms with Crippen LogP contribution in [0.5, 0.6) is 5.88 Å². The zero-order chi connectivity index (χ0) is 26.8. The van der Waals surface area contributed by atoms with E-state index in [9.17, 15) is 4.79 Å². The molecule has 0 spiro atoms. The Balaban J connectivity index is 1.34. The highest BCUT2D eigenvalue weighted by Gasteiger charge is 2.33. The molecular weight excluding hydrogens is 478 g/mol. The van der Waals surface area contributed by atoms with Crippen LogP contribution < -0.4 is 9.42 Å². The summed E-state index contributed by atoms with van der Waals surface area (Å²) in [5.41, 5.74) is 3.98. The Labute approximate surface area is 223 Å². The number of aliphatic carboxylic acids is 1. The van der Waals surface area contributed by atoms with E-state index in [0.717, 1.165) is 53.9 Å². The van der Waals surface area contributed by atoms with Crippen LogP contribution in [0, 0.1) is 0 Å². The number of unbranched alkanes of at least 4 members (excludes halogenated alkanes) is 2. The molecule has 8 heteroatoms. The number of carboxylic acids is 1. The average Bonchev–Trinajstić information content (AvgIpc) is 3.41. The van der Waals surface area contributed by atoms with Crippen LogP contribution in [0.1, 0.15) is 58.2 Å². The van der Waals surface area contributed by atoms with Gasteiger partial charge in [-0.3, -0.25) is 4.79 Å². The van der Waals surface area contributed by atoms with Crippen molar-refractivity contribution in [2.24, 2.45) is 0 Å². The molecule has 0 aliphatic carbocycles. The fourth-order valence-corrected chi connectivity index (χ4v) is 4.52. The molecular formula is C30H36N5O3+. The standard InChI is InChI=1S/C30H35N5O3/c1-30(2,29-32-33-34-35(29)19-11-9-17-28(36)37)18-10-12-20-38-27-22-25(23-13-5-3-6-14-23)21-26(31-27)24-15-7-4-8-16-24/h3-8,13-16,21-22H,9-12,17-20H2,1-2H3,(H,36,37)/p+1. The molecule has 4 rings (SSSR count). The maximum Gasteiger partial charge on any atom is 0.306 e. The van der Waals surface area contributed by atoms with Crippen molar-refractivity contribution < 1.29 is 19.3 Å². The predicted molar refractivity (Wildman–Crippen MR) is 146 cm³/mol. The monoisotopic (exact) mass is 514 g/mol. The van der Waals surface area contributed by atoms with Gasteiger partial charge in [0.05, 0.1) is 24.3 Å². The van der Waals surface area contributed by atoms with Gasteiger partial charge in [-0.15, -0.1) is 0 Å². The second-order valence-corrected chi connectivity index (χ2v) is 10.1. The van der Waals surface area contributed by atoms with Gasteiger partial charge >= 0.3 is 11.8 Å². The van der Waals surface area contributed by atoms with E-state index in [2.05, 4.69) is 59.7 Å². The summed E-state index contributed by atoms with van der Waals surface area (Å²) in [4.78, 5) is 15.5. The van der Waals surface area contributed by atoms with E-state index in [1.807, 2.05) is 47.1 Å². The Morgan fingerprint density at radius 3 is 2.34 bits per heavy atom. The Morgan fingerprint density at radius 2 is 1.63 bits per heavy atom. The van der Waals surface area contributed by atoms with Crippen LogP contribution in [0.3, 0.4) is 0 Å². The van der Waals surface area contributed by atoms with Crippen LogP contribution in [0.15, 0.2) is 72.8 Å². The van der Waals surface area contributed by atoms with Crippen molar-refractivity contribution in [3.63, 3.8) is 0 Å². The minimum Gasteiger partial charge on any atom is -0.481 e. The quantitative estimate of drug-likeness (QED) is 0.168. The summed E-state index contributed by atoms with van der Waals surface area (Å²) in [7, 11) is 0. The number of carbonyl (C=O) groups is 1. The minimum atomic E-state index is -0.765. The number of H-pyrrole nitrogens is 1. The second-order valence-electron chi connectivity index (χ2n) is 10.1. The number of tetrazole rings is 1. The molecule has 0 saturated heterocycles. The number of nitrogens with zero attached hydrogens (tertiary/aromatic N) is 4. The number of hydrogen-bond donors (Lipinski definition) is 2. The van der Waals surface area contributed by atoms with Crippen LogP contribution in [-0.4, -0.2) is 38.2 Å². The highest BCUT2D eigenvalue weighted by atomic mass is 16.5. The lowest BCUT2D eigenvalue weighted by atomic mass is 9.86. The molecule has 8 nitrogen and oxygen atoms in total. The maximum atomic E-state index is 10.8. The molecule has 0 aliphatic heterocycles. The normalized spacial score (nSPS) is 11.4. The SMILES string of the molecule is CC(C)(CCCCOc1cc(-c2ccccc2)cc(-c2ccccc2)n1)c1nn[nH][n+]1CCCCC(=O)O. The number of ether oxygens (including phenoxy) is 1. The van der Waals surface area contributed by atoms with E-state index in [1.165, 1.54) is 0 Å². The van der Waals surface area contributed by atoms with Gasteiger partial charge in [-0.2, -0.15) is 4.68 Å². The van der Waals surface area contributed by atoms with Crippen molar-refractivity contribution in [1.82, 2.24) is 20.5 Å². The smallest absolute Gasteiger partial charge is 0.306 e. The highest BCUT2D eigenvalue weighted by molar-refractivity contribution is 5.71. The van der Waals surface area contributed by atoms with Crippen molar-refractivity contribution in [1.29, 1.82) is 0 Å². The van der Waals surface area contributed by atoms with Gasteiger partial charge in [-0.25, -0.2) is 4.98 Å². The molecule has 0 atom stereocenters. The van der Waals surface area contributed by atoms with E-state index in [0.29, 0.717) is 25.5 Å². The van der Waals surface area contributed by atoms with Crippen LogP contribution in [-0.2, 0) is 16.8 Å². The Morgan fingerprint density at radius 1 is 0.921 bits per heavy atom. The number of benzene rings is 2. The number of pyridine rings is 1. The summed E-state index contributed by atoms with van der Waals surface area (Å²) in [6.45, 7) is 5.58. The van der Waals surface area contributed by atoms with E-state index < -0.39 is 5.97 Å². The number of aryl methyl sites for hydroxylation is 1. The van der Waals surface area contributed by atoms with Gasteiger partial charge < -0.3 is 9.84 Å². The summed E-state index contributed by atoms with van der Waals surface area (Å²) >= 11 is 0. The second kappa shape index (κ2) is 12.9. The molecule has 0 fully saturated rings. The van der Waals surface area contributed by atoms with Gasteiger partial charge in [0.15, 0.2) is 5.21 Å². The minimum absolute atomic E-state index is 0.175. The summed E-state index contributed by atoms with van der Waals surface area (Å²) in [5, 5.41) is 20.1. The van der Waals surface area contributed by atoms with Gasteiger partial charge in [0, 0.05) is 18.1 Å². The molecule has 4 aromatic rings. The first-order valence-corrected chi connectivity index (χ1v) is 13.2. The van der Waals surface area contributed by atoms with E-state index in [-0.39, 0.29) is 11.8 Å². The first kappa shape index (κ1) is 27.0. The molecule has 0 saturated carbocycles. The first-order chi connectivity index (χ1) is 18.4. The van der Waals surface area contributed by atoms with Crippen LogP contribution in [0.2, 0.25) is 0 Å². The van der Waals surface area contributed by atoms with Crippen molar-refractivity contribution in [2.45, 2.75) is 64.3 Å². The van der Waals surface area contributed by atoms with Crippen molar-refractivity contribution in [3.05, 3.63) is 78.6 Å². The Bertz CT molecular complexity index is 1250. The van der Waals surface area contributed by atoms with E-state index >= 15 is 0 Å². The summed E-state index contributed by atoms with van der Waals surface area (Å²) in [5.74, 6) is 0.748. The highest BCUT2D eigenvalue weighted by Crippen LogP contribution is 2.29. The van der Waals surface area contributed by atoms with Gasteiger partial charge in [0.2, 0.25) is 5.88 Å². The lowest BCUT2D eigenvalue weighted by Gasteiger charge is -2.19. The van der Waals surface area contributed by atoms with E-state index in [4.69, 9.17) is 14.8 Å². The van der Waals surface area contributed by atoms with Crippen molar-refractivity contribution >= 4 is 5.97 Å².